The minimum absolute atomic E-state index is 0.111. The van der Waals surface area contributed by atoms with Crippen molar-refractivity contribution in [3.8, 4) is 22.9 Å². The van der Waals surface area contributed by atoms with Gasteiger partial charge in [-0.05, 0) is 24.3 Å². The lowest BCUT2D eigenvalue weighted by molar-refractivity contribution is -0.115. The molecule has 3 heterocycles. The van der Waals surface area contributed by atoms with Crippen molar-refractivity contribution in [2.45, 2.75) is 11.6 Å². The summed E-state index contributed by atoms with van der Waals surface area (Å²) in [6, 6.07) is 9.00. The van der Waals surface area contributed by atoms with Gasteiger partial charge in [0.1, 0.15) is 13.2 Å². The maximum Gasteiger partial charge on any atom is 0.225 e. The van der Waals surface area contributed by atoms with Crippen LogP contribution in [0.4, 0.5) is 5.69 Å². The molecular weight excluding hydrogens is 380 g/mol. The Morgan fingerprint density at radius 3 is 2.89 bits per heavy atom. The molecule has 1 aliphatic rings. The summed E-state index contributed by atoms with van der Waals surface area (Å²) in [5.74, 6) is 8.31. The van der Waals surface area contributed by atoms with Gasteiger partial charge in [-0.15, -0.1) is 10.2 Å². The third-order valence-electron chi connectivity index (χ3n) is 3.97. The molecular formula is C18H18N6O3S. The number of anilines is 1. The van der Waals surface area contributed by atoms with E-state index in [0.717, 1.165) is 5.56 Å². The molecule has 28 heavy (non-hydrogen) atoms. The molecule has 9 nitrogen and oxygen atoms in total. The van der Waals surface area contributed by atoms with E-state index in [4.69, 9.17) is 15.3 Å². The Labute approximate surface area is 165 Å². The molecule has 1 amide bonds. The fraction of sp³-hybridized carbons (Fsp3) is 0.222. The number of fused-ring (bicyclic) bond motifs is 1. The van der Waals surface area contributed by atoms with E-state index in [1.54, 1.807) is 36.7 Å². The summed E-state index contributed by atoms with van der Waals surface area (Å²) in [6.07, 6.45) is 3.65. The Balaban J connectivity index is 1.31. The van der Waals surface area contributed by atoms with Crippen LogP contribution in [0, 0.1) is 0 Å². The lowest BCUT2D eigenvalue weighted by Crippen LogP contribution is -2.16. The number of nitrogens with one attached hydrogen (secondary N) is 1. The highest BCUT2D eigenvalue weighted by atomic mass is 32.2. The van der Waals surface area contributed by atoms with Gasteiger partial charge in [-0.25, -0.2) is 4.68 Å². The number of aromatic nitrogens is 4. The van der Waals surface area contributed by atoms with Crippen LogP contribution in [0.5, 0.6) is 11.5 Å². The number of nitrogen functional groups attached to an aromatic ring is 1. The van der Waals surface area contributed by atoms with Crippen LogP contribution in [0.3, 0.4) is 0 Å². The zero-order valence-electron chi connectivity index (χ0n) is 14.9. The molecule has 144 valence electrons. The Kier molecular flexibility index (Phi) is 5.29. The van der Waals surface area contributed by atoms with Crippen LogP contribution in [-0.4, -0.2) is 44.7 Å². The first kappa shape index (κ1) is 18.1. The van der Waals surface area contributed by atoms with Gasteiger partial charge < -0.3 is 20.6 Å². The van der Waals surface area contributed by atoms with Crippen LogP contribution in [0.1, 0.15) is 6.42 Å². The van der Waals surface area contributed by atoms with Gasteiger partial charge in [0, 0.05) is 41.9 Å². The van der Waals surface area contributed by atoms with E-state index >= 15 is 0 Å². The topological polar surface area (TPSA) is 117 Å². The fourth-order valence-corrected chi connectivity index (χ4v) is 3.44. The summed E-state index contributed by atoms with van der Waals surface area (Å²) in [7, 11) is 0. The molecule has 0 atom stereocenters. The summed E-state index contributed by atoms with van der Waals surface area (Å²) in [5.41, 5.74) is 1.45. The molecule has 1 aromatic carbocycles. The first-order valence-electron chi connectivity index (χ1n) is 8.64. The molecule has 0 unspecified atom stereocenters. The molecule has 0 saturated carbocycles. The van der Waals surface area contributed by atoms with Crippen LogP contribution in [0.2, 0.25) is 0 Å². The normalized spacial score (nSPS) is 12.6. The summed E-state index contributed by atoms with van der Waals surface area (Å²) in [5, 5.41) is 11.6. The third kappa shape index (κ3) is 4.01. The monoisotopic (exact) mass is 398 g/mol. The minimum Gasteiger partial charge on any atom is -0.486 e. The van der Waals surface area contributed by atoms with E-state index < -0.39 is 0 Å². The number of carbonyl (C=O) groups excluding carboxylic acids is 1. The van der Waals surface area contributed by atoms with Gasteiger partial charge >= 0.3 is 0 Å². The molecule has 0 aliphatic carbocycles. The largest absolute Gasteiger partial charge is 0.486 e. The molecule has 0 saturated heterocycles. The van der Waals surface area contributed by atoms with Crippen LogP contribution in [0.25, 0.3) is 11.4 Å². The average Bonchev–Trinajstić information content (AvgIpc) is 3.09. The van der Waals surface area contributed by atoms with Gasteiger partial charge in [-0.2, -0.15) is 0 Å². The number of nitrogens with zero attached hydrogens (tertiary/aromatic N) is 4. The second-order valence-corrected chi connectivity index (χ2v) is 6.99. The van der Waals surface area contributed by atoms with Crippen LogP contribution < -0.4 is 20.6 Å². The number of pyridine rings is 1. The van der Waals surface area contributed by atoms with Crippen molar-refractivity contribution < 1.29 is 14.3 Å². The highest BCUT2D eigenvalue weighted by Gasteiger charge is 2.14. The maximum atomic E-state index is 12.2. The van der Waals surface area contributed by atoms with E-state index in [1.165, 1.54) is 16.4 Å². The number of nitrogens with two attached hydrogens (primary N) is 1. The molecule has 0 spiro atoms. The Morgan fingerprint density at radius 1 is 1.21 bits per heavy atom. The Bertz CT molecular complexity index is 979. The molecule has 2 aromatic heterocycles. The summed E-state index contributed by atoms with van der Waals surface area (Å²) in [6.45, 7) is 1.03. The number of ether oxygens (including phenoxy) is 2. The van der Waals surface area contributed by atoms with E-state index in [1.807, 2.05) is 6.07 Å². The highest BCUT2D eigenvalue weighted by molar-refractivity contribution is 7.99. The molecule has 3 aromatic rings. The van der Waals surface area contributed by atoms with Crippen molar-refractivity contribution in [2.75, 3.05) is 30.1 Å². The SMILES string of the molecule is Nn1c(SCCC(=O)Nc2ccc3c(c2)OCCO3)nnc1-c1cccnc1. The second kappa shape index (κ2) is 8.17. The van der Waals surface area contributed by atoms with E-state index in [2.05, 4.69) is 20.5 Å². The average molecular weight is 398 g/mol. The highest BCUT2D eigenvalue weighted by Crippen LogP contribution is 2.32. The second-order valence-electron chi connectivity index (χ2n) is 5.92. The van der Waals surface area contributed by atoms with Gasteiger partial charge in [0.25, 0.3) is 0 Å². The summed E-state index contributed by atoms with van der Waals surface area (Å²) < 4.78 is 12.4. The van der Waals surface area contributed by atoms with Gasteiger partial charge in [0.2, 0.25) is 11.1 Å². The predicted molar refractivity (Wildman–Crippen MR) is 105 cm³/mol. The molecule has 4 rings (SSSR count). The lowest BCUT2D eigenvalue weighted by Gasteiger charge is -2.19. The minimum atomic E-state index is -0.111. The molecule has 1 aliphatic heterocycles. The number of amides is 1. The number of hydrogen-bond acceptors (Lipinski definition) is 8. The molecule has 0 fully saturated rings. The van der Waals surface area contributed by atoms with E-state index in [-0.39, 0.29) is 5.91 Å². The smallest absolute Gasteiger partial charge is 0.225 e. The number of benzene rings is 1. The first-order chi connectivity index (χ1) is 13.7. The van der Waals surface area contributed by atoms with Crippen molar-refractivity contribution >= 4 is 23.4 Å². The quantitative estimate of drug-likeness (QED) is 0.478. The van der Waals surface area contributed by atoms with Crippen molar-refractivity contribution in [3.63, 3.8) is 0 Å². The molecule has 0 bridgehead atoms. The van der Waals surface area contributed by atoms with Crippen molar-refractivity contribution in [3.05, 3.63) is 42.7 Å². The Hall–Kier alpha value is -3.27. The predicted octanol–water partition coefficient (Wildman–Crippen LogP) is 1.95. The summed E-state index contributed by atoms with van der Waals surface area (Å²) >= 11 is 1.36. The third-order valence-corrected chi connectivity index (χ3v) is 4.92. The zero-order valence-corrected chi connectivity index (χ0v) is 15.7. The molecule has 3 N–H and O–H groups in total. The van der Waals surface area contributed by atoms with Crippen LogP contribution in [-0.2, 0) is 4.79 Å². The summed E-state index contributed by atoms with van der Waals surface area (Å²) in [4.78, 5) is 16.3. The number of hydrogen-bond donors (Lipinski definition) is 2. The van der Waals surface area contributed by atoms with Crippen LogP contribution >= 0.6 is 11.8 Å². The van der Waals surface area contributed by atoms with E-state index in [0.29, 0.717) is 53.6 Å². The Morgan fingerprint density at radius 2 is 2.07 bits per heavy atom. The van der Waals surface area contributed by atoms with Crippen molar-refractivity contribution in [2.24, 2.45) is 0 Å². The fourth-order valence-electron chi connectivity index (χ4n) is 2.65. The maximum absolute atomic E-state index is 12.2. The number of thioether (sulfide) groups is 1. The van der Waals surface area contributed by atoms with Crippen molar-refractivity contribution in [1.82, 2.24) is 19.9 Å². The van der Waals surface area contributed by atoms with Gasteiger partial charge in [-0.3, -0.25) is 9.78 Å². The van der Waals surface area contributed by atoms with Gasteiger partial charge in [0.05, 0.1) is 0 Å². The van der Waals surface area contributed by atoms with Crippen LogP contribution in [0.15, 0.2) is 47.9 Å². The van der Waals surface area contributed by atoms with Crippen molar-refractivity contribution in [1.29, 1.82) is 0 Å². The van der Waals surface area contributed by atoms with Gasteiger partial charge in [0.15, 0.2) is 17.3 Å². The molecule has 10 heteroatoms. The molecule has 0 radical (unpaired) electrons. The standard InChI is InChI=1S/C18H18N6O3S/c19-24-17(12-2-1-6-20-11-12)22-23-18(24)28-9-5-16(25)21-13-3-4-14-15(10-13)27-8-7-26-14/h1-4,6,10-11H,5,7-9,19H2,(H,21,25). The zero-order chi connectivity index (χ0) is 19.3. The van der Waals surface area contributed by atoms with E-state index in [9.17, 15) is 4.79 Å². The lowest BCUT2D eigenvalue weighted by atomic mass is 10.2. The first-order valence-corrected chi connectivity index (χ1v) is 9.62. The number of carbonyl (C=O) groups is 1. The number of rotatable bonds is 6. The van der Waals surface area contributed by atoms with Gasteiger partial charge in [-0.1, -0.05) is 11.8 Å².